The molecule has 0 saturated heterocycles. The normalized spacial score (nSPS) is 10.2. The van der Waals surface area contributed by atoms with Crippen LogP contribution in [-0.2, 0) is 0 Å². The van der Waals surface area contributed by atoms with Crippen LogP contribution in [0, 0.1) is 11.3 Å². The van der Waals surface area contributed by atoms with Crippen molar-refractivity contribution in [2.45, 2.75) is 6.42 Å². The molecule has 0 amide bonds. The van der Waals surface area contributed by atoms with Gasteiger partial charge in [0.25, 0.3) is 0 Å². The van der Waals surface area contributed by atoms with Crippen molar-refractivity contribution in [3.05, 3.63) is 12.0 Å². The van der Waals surface area contributed by atoms with Crippen molar-refractivity contribution in [1.82, 2.24) is 5.32 Å². The van der Waals surface area contributed by atoms with Gasteiger partial charge in [0.1, 0.15) is 0 Å². The van der Waals surface area contributed by atoms with E-state index in [0.717, 1.165) is 6.26 Å². The van der Waals surface area contributed by atoms with Crippen LogP contribution in [0.2, 0.25) is 0 Å². The predicted octanol–water partition coefficient (Wildman–Crippen LogP) is 0.519. The van der Waals surface area contributed by atoms with Crippen molar-refractivity contribution in [3.63, 3.8) is 0 Å². The molecule has 0 aromatic heterocycles. The molecule has 0 aromatic carbocycles. The Labute approximate surface area is 48.2 Å². The van der Waals surface area contributed by atoms with Gasteiger partial charge < -0.3 is 10.4 Å². The molecule has 0 aliphatic rings. The van der Waals surface area contributed by atoms with Crippen molar-refractivity contribution in [1.29, 1.82) is 5.26 Å². The summed E-state index contributed by atoms with van der Waals surface area (Å²) in [5.74, 6) is 0. The van der Waals surface area contributed by atoms with Crippen LogP contribution in [0.5, 0.6) is 0 Å². The minimum Gasteiger partial charge on any atom is -0.514 e. The van der Waals surface area contributed by atoms with Gasteiger partial charge in [-0.3, -0.25) is 0 Å². The Balaban J connectivity index is 3.59. The fourth-order valence-corrected chi connectivity index (χ4v) is 0.284. The SMILES string of the molecule is CN/C(=C\O)CC#N. The molecule has 8 heavy (non-hydrogen) atoms. The van der Waals surface area contributed by atoms with Gasteiger partial charge in [0, 0.05) is 7.05 Å². The summed E-state index contributed by atoms with van der Waals surface area (Å²) in [6, 6.07) is 1.88. The minimum absolute atomic E-state index is 0.229. The highest BCUT2D eigenvalue weighted by molar-refractivity contribution is 5.00. The third-order valence-electron chi connectivity index (χ3n) is 0.746. The number of hydrogen-bond acceptors (Lipinski definition) is 3. The third kappa shape index (κ3) is 2.08. The van der Waals surface area contributed by atoms with Crippen LogP contribution in [0.3, 0.4) is 0 Å². The first-order valence-electron chi connectivity index (χ1n) is 2.23. The molecule has 3 nitrogen and oxygen atoms in total. The van der Waals surface area contributed by atoms with Gasteiger partial charge in [-0.15, -0.1) is 0 Å². The number of rotatable bonds is 2. The molecule has 0 fully saturated rings. The molecule has 0 aliphatic carbocycles. The maximum Gasteiger partial charge on any atom is 0.0991 e. The number of hydrogen-bond donors (Lipinski definition) is 2. The molecule has 3 heteroatoms. The number of aliphatic hydroxyl groups is 1. The molecular weight excluding hydrogens is 104 g/mol. The number of nitriles is 1. The number of aliphatic hydroxyl groups excluding tert-OH is 1. The molecule has 0 bridgehead atoms. The topological polar surface area (TPSA) is 56.0 Å². The van der Waals surface area contributed by atoms with E-state index in [0.29, 0.717) is 5.70 Å². The van der Waals surface area contributed by atoms with Crippen molar-refractivity contribution in [2.75, 3.05) is 7.05 Å². The number of nitrogens with one attached hydrogen (secondary N) is 1. The lowest BCUT2D eigenvalue weighted by molar-refractivity contribution is 0.461. The monoisotopic (exact) mass is 112 g/mol. The van der Waals surface area contributed by atoms with E-state index in [9.17, 15) is 0 Å². The zero-order chi connectivity index (χ0) is 6.41. The fourth-order valence-electron chi connectivity index (χ4n) is 0.284. The van der Waals surface area contributed by atoms with E-state index in [2.05, 4.69) is 5.32 Å². The fraction of sp³-hybridized carbons (Fsp3) is 0.400. The zero-order valence-corrected chi connectivity index (χ0v) is 4.68. The molecule has 0 rings (SSSR count). The van der Waals surface area contributed by atoms with E-state index in [1.165, 1.54) is 0 Å². The van der Waals surface area contributed by atoms with Crippen molar-refractivity contribution in [2.24, 2.45) is 0 Å². The van der Waals surface area contributed by atoms with Crippen LogP contribution in [0.4, 0.5) is 0 Å². The molecule has 44 valence electrons. The Kier molecular flexibility index (Phi) is 3.42. The number of nitrogens with zero attached hydrogens (tertiary/aromatic N) is 1. The van der Waals surface area contributed by atoms with E-state index in [-0.39, 0.29) is 6.42 Å². The maximum absolute atomic E-state index is 8.28. The first-order valence-corrected chi connectivity index (χ1v) is 2.23. The smallest absolute Gasteiger partial charge is 0.0991 e. The Morgan fingerprint density at radius 2 is 2.62 bits per heavy atom. The van der Waals surface area contributed by atoms with Gasteiger partial charge in [0.15, 0.2) is 0 Å². The lowest BCUT2D eigenvalue weighted by atomic mass is 10.4. The van der Waals surface area contributed by atoms with Crippen LogP contribution in [-0.4, -0.2) is 12.2 Å². The Morgan fingerprint density at radius 3 is 2.75 bits per heavy atom. The largest absolute Gasteiger partial charge is 0.514 e. The predicted molar refractivity (Wildman–Crippen MR) is 30.0 cm³/mol. The molecule has 0 heterocycles. The second kappa shape index (κ2) is 4.00. The highest BCUT2D eigenvalue weighted by Gasteiger charge is 1.87. The van der Waals surface area contributed by atoms with E-state index >= 15 is 0 Å². The second-order valence-corrected chi connectivity index (χ2v) is 1.24. The van der Waals surface area contributed by atoms with Crippen LogP contribution >= 0.6 is 0 Å². The van der Waals surface area contributed by atoms with Crippen molar-refractivity contribution < 1.29 is 5.11 Å². The molecule has 0 radical (unpaired) electrons. The van der Waals surface area contributed by atoms with Gasteiger partial charge in [0.2, 0.25) is 0 Å². The quantitative estimate of drug-likeness (QED) is 0.512. The van der Waals surface area contributed by atoms with Crippen LogP contribution in [0.1, 0.15) is 6.42 Å². The summed E-state index contributed by atoms with van der Waals surface area (Å²) in [5.41, 5.74) is 0.535. The maximum atomic E-state index is 8.28. The van der Waals surface area contributed by atoms with E-state index in [1.807, 2.05) is 6.07 Å². The lowest BCUT2D eigenvalue weighted by Crippen LogP contribution is -2.04. The molecule has 0 atom stereocenters. The first-order chi connectivity index (χ1) is 3.85. The van der Waals surface area contributed by atoms with Crippen molar-refractivity contribution in [3.8, 4) is 6.07 Å². The highest BCUT2D eigenvalue weighted by Crippen LogP contribution is 1.89. The summed E-state index contributed by atoms with van der Waals surface area (Å²) < 4.78 is 0. The molecule has 0 spiro atoms. The average Bonchev–Trinajstić information content (AvgIpc) is 1.83. The number of allylic oxidation sites excluding steroid dienone is 1. The average molecular weight is 112 g/mol. The minimum atomic E-state index is 0.229. The summed E-state index contributed by atoms with van der Waals surface area (Å²) >= 11 is 0. The molecule has 0 unspecified atom stereocenters. The summed E-state index contributed by atoms with van der Waals surface area (Å²) in [6.07, 6.45) is 1.12. The zero-order valence-electron chi connectivity index (χ0n) is 4.68. The molecular formula is C5H8N2O. The van der Waals surface area contributed by atoms with Gasteiger partial charge >= 0.3 is 0 Å². The van der Waals surface area contributed by atoms with Crippen LogP contribution in [0.25, 0.3) is 0 Å². The van der Waals surface area contributed by atoms with E-state index in [4.69, 9.17) is 10.4 Å². The third-order valence-corrected chi connectivity index (χ3v) is 0.746. The van der Waals surface area contributed by atoms with E-state index < -0.39 is 0 Å². The summed E-state index contributed by atoms with van der Waals surface area (Å²) in [7, 11) is 1.65. The highest BCUT2D eigenvalue weighted by atomic mass is 16.2. The van der Waals surface area contributed by atoms with Gasteiger partial charge in [-0.1, -0.05) is 0 Å². The van der Waals surface area contributed by atoms with Crippen LogP contribution < -0.4 is 5.32 Å². The van der Waals surface area contributed by atoms with E-state index in [1.54, 1.807) is 7.05 Å². The molecule has 2 N–H and O–H groups in total. The Bertz CT molecular complexity index is 123. The van der Waals surface area contributed by atoms with Gasteiger partial charge in [-0.25, -0.2) is 0 Å². The van der Waals surface area contributed by atoms with Crippen LogP contribution in [0.15, 0.2) is 12.0 Å². The Hall–Kier alpha value is -1.17. The summed E-state index contributed by atoms with van der Waals surface area (Å²) in [6.45, 7) is 0. The van der Waals surface area contributed by atoms with Crippen molar-refractivity contribution >= 4 is 0 Å². The van der Waals surface area contributed by atoms with Gasteiger partial charge in [-0.2, -0.15) is 5.26 Å². The second-order valence-electron chi connectivity index (χ2n) is 1.24. The van der Waals surface area contributed by atoms with Gasteiger partial charge in [-0.05, 0) is 0 Å². The molecule has 0 aromatic rings. The summed E-state index contributed by atoms with van der Waals surface area (Å²) in [4.78, 5) is 0. The molecule has 0 aliphatic heterocycles. The lowest BCUT2D eigenvalue weighted by Gasteiger charge is -1.95. The first kappa shape index (κ1) is 6.83. The molecule has 0 saturated carbocycles. The summed E-state index contributed by atoms with van der Waals surface area (Å²) in [5, 5.41) is 19.0. The standard InChI is InChI=1S/C5H8N2O/c1-7-5(4-8)2-3-6/h4,7-8H,2H2,1H3/b5-4-. The van der Waals surface area contributed by atoms with Gasteiger partial charge in [0.05, 0.1) is 24.4 Å². The Morgan fingerprint density at radius 1 is 2.00 bits per heavy atom.